The van der Waals surface area contributed by atoms with Gasteiger partial charge in [-0.2, -0.15) is 4.73 Å². The second-order valence-electron chi connectivity index (χ2n) is 7.26. The van der Waals surface area contributed by atoms with Crippen molar-refractivity contribution in [3.05, 3.63) is 24.5 Å². The van der Waals surface area contributed by atoms with Crippen LogP contribution in [-0.2, 0) is 14.3 Å². The van der Waals surface area contributed by atoms with E-state index in [1.54, 1.807) is 12.3 Å². The molecule has 0 aliphatic heterocycles. The van der Waals surface area contributed by atoms with Crippen molar-refractivity contribution >= 4 is 34.8 Å². The number of carbonyl (C=O) groups excluding carboxylic acids is 3. The van der Waals surface area contributed by atoms with Gasteiger partial charge >= 0.3 is 18.0 Å². The van der Waals surface area contributed by atoms with Gasteiger partial charge in [0.05, 0.1) is 0 Å². The maximum Gasteiger partial charge on any atom is 0.442 e. The van der Waals surface area contributed by atoms with Crippen LogP contribution in [0, 0.1) is 5.41 Å². The zero-order valence-electron chi connectivity index (χ0n) is 15.2. The van der Waals surface area contributed by atoms with Crippen molar-refractivity contribution in [2.75, 3.05) is 5.32 Å². The number of fused-ring (bicyclic) bond motifs is 1. The third-order valence-electron chi connectivity index (χ3n) is 4.93. The Kier molecular flexibility index (Phi) is 5.02. The molecule has 9 heteroatoms. The van der Waals surface area contributed by atoms with Crippen LogP contribution in [0.4, 0.5) is 10.5 Å². The SMILES string of the molecule is CC1(C)CCCCC1Nc1ccnc2c1ccn2OC(=O)C(=O)OC(N)=O. The first-order valence-electron chi connectivity index (χ1n) is 8.74. The molecule has 0 spiro atoms. The molecule has 0 bridgehead atoms. The minimum atomic E-state index is -1.50. The van der Waals surface area contributed by atoms with Gasteiger partial charge in [0.2, 0.25) is 0 Å². The molecule has 9 nitrogen and oxygen atoms in total. The average molecular weight is 374 g/mol. The number of ether oxygens (including phenoxy) is 1. The molecule has 144 valence electrons. The van der Waals surface area contributed by atoms with Crippen LogP contribution in [0.3, 0.4) is 0 Å². The highest BCUT2D eigenvalue weighted by Crippen LogP contribution is 2.38. The Morgan fingerprint density at radius 1 is 1.26 bits per heavy atom. The Hall–Kier alpha value is -3.10. The lowest BCUT2D eigenvalue weighted by Gasteiger charge is -2.39. The normalized spacial score (nSPS) is 18.7. The number of nitrogens with two attached hydrogens (primary N) is 1. The number of rotatable bonds is 3. The molecule has 2 aromatic rings. The number of hydrogen-bond acceptors (Lipinski definition) is 7. The highest BCUT2D eigenvalue weighted by Gasteiger charge is 2.32. The number of aromatic nitrogens is 2. The fourth-order valence-corrected chi connectivity index (χ4v) is 3.42. The summed E-state index contributed by atoms with van der Waals surface area (Å²) in [4.78, 5) is 42.8. The van der Waals surface area contributed by atoms with Gasteiger partial charge in [0, 0.05) is 29.5 Å². The van der Waals surface area contributed by atoms with E-state index in [1.165, 1.54) is 19.0 Å². The Labute approximate surface area is 155 Å². The quantitative estimate of drug-likeness (QED) is 0.478. The molecule has 2 heterocycles. The van der Waals surface area contributed by atoms with Gasteiger partial charge in [-0.05, 0) is 30.4 Å². The Balaban J connectivity index is 1.81. The van der Waals surface area contributed by atoms with E-state index in [2.05, 4.69) is 28.9 Å². The van der Waals surface area contributed by atoms with E-state index in [0.29, 0.717) is 11.7 Å². The summed E-state index contributed by atoms with van der Waals surface area (Å²) < 4.78 is 5.05. The number of pyridine rings is 1. The predicted octanol–water partition coefficient (Wildman–Crippen LogP) is 1.99. The lowest BCUT2D eigenvalue weighted by Crippen LogP contribution is -2.38. The van der Waals surface area contributed by atoms with Gasteiger partial charge in [0.1, 0.15) is 0 Å². The summed E-state index contributed by atoms with van der Waals surface area (Å²) in [6, 6.07) is 3.90. The summed E-state index contributed by atoms with van der Waals surface area (Å²) in [6.07, 6.45) is 6.30. The molecular formula is C18H22N4O5. The van der Waals surface area contributed by atoms with Crippen molar-refractivity contribution in [3.63, 3.8) is 0 Å². The van der Waals surface area contributed by atoms with E-state index in [1.807, 2.05) is 6.07 Å². The second kappa shape index (κ2) is 7.26. The number of hydrogen-bond donors (Lipinski definition) is 2. The number of esters is 1. The molecule has 1 saturated carbocycles. The van der Waals surface area contributed by atoms with Crippen LogP contribution in [0.25, 0.3) is 11.0 Å². The fourth-order valence-electron chi connectivity index (χ4n) is 3.42. The number of anilines is 1. The standard InChI is InChI=1S/C18H22N4O5/c1-18(2)8-4-3-5-13(18)21-12-6-9-20-14-11(12)7-10-22(14)27-16(24)15(23)26-17(19)25/h6-7,9-10,13H,3-5,8H2,1-2H3,(H2,19,25)(H,20,21). The highest BCUT2D eigenvalue weighted by molar-refractivity contribution is 6.31. The Morgan fingerprint density at radius 2 is 2.04 bits per heavy atom. The maximum absolute atomic E-state index is 11.7. The fraction of sp³-hybridized carbons (Fsp3) is 0.444. The predicted molar refractivity (Wildman–Crippen MR) is 96.7 cm³/mol. The lowest BCUT2D eigenvalue weighted by atomic mass is 9.73. The molecule has 27 heavy (non-hydrogen) atoms. The third-order valence-corrected chi connectivity index (χ3v) is 4.93. The van der Waals surface area contributed by atoms with E-state index >= 15 is 0 Å². The molecule has 1 aliphatic rings. The van der Waals surface area contributed by atoms with E-state index < -0.39 is 18.0 Å². The molecule has 1 atom stereocenters. The lowest BCUT2D eigenvalue weighted by molar-refractivity contribution is -0.163. The highest BCUT2D eigenvalue weighted by atomic mass is 16.7. The van der Waals surface area contributed by atoms with Crippen LogP contribution in [-0.4, -0.2) is 33.8 Å². The zero-order chi connectivity index (χ0) is 19.6. The molecule has 1 unspecified atom stereocenters. The average Bonchev–Trinajstić information content (AvgIpc) is 3.00. The van der Waals surface area contributed by atoms with E-state index in [9.17, 15) is 14.4 Å². The third kappa shape index (κ3) is 4.02. The van der Waals surface area contributed by atoms with Crippen LogP contribution in [0.2, 0.25) is 0 Å². The van der Waals surface area contributed by atoms with Gasteiger partial charge in [-0.1, -0.05) is 26.7 Å². The number of carbonyl (C=O) groups is 3. The van der Waals surface area contributed by atoms with E-state index in [4.69, 9.17) is 10.6 Å². The summed E-state index contributed by atoms with van der Waals surface area (Å²) in [6.45, 7) is 4.50. The van der Waals surface area contributed by atoms with Gasteiger partial charge in [-0.3, -0.25) is 0 Å². The number of primary amides is 1. The summed E-state index contributed by atoms with van der Waals surface area (Å²) in [5.74, 6) is -2.87. The van der Waals surface area contributed by atoms with Crippen molar-refractivity contribution < 1.29 is 24.0 Å². The summed E-state index contributed by atoms with van der Waals surface area (Å²) in [7, 11) is 0. The monoisotopic (exact) mass is 374 g/mol. The van der Waals surface area contributed by atoms with Crippen LogP contribution in [0.1, 0.15) is 39.5 Å². The molecule has 0 aromatic carbocycles. The van der Waals surface area contributed by atoms with Crippen molar-refractivity contribution in [1.29, 1.82) is 0 Å². The van der Waals surface area contributed by atoms with Gasteiger partial charge in [-0.25, -0.2) is 19.4 Å². The van der Waals surface area contributed by atoms with Gasteiger partial charge in [0.15, 0.2) is 5.65 Å². The van der Waals surface area contributed by atoms with Crippen LogP contribution < -0.4 is 15.9 Å². The Bertz CT molecular complexity index is 889. The van der Waals surface area contributed by atoms with Crippen LogP contribution in [0.15, 0.2) is 24.5 Å². The van der Waals surface area contributed by atoms with Crippen LogP contribution >= 0.6 is 0 Å². The number of nitrogens with one attached hydrogen (secondary N) is 1. The van der Waals surface area contributed by atoms with Crippen molar-refractivity contribution in [3.8, 4) is 0 Å². The Morgan fingerprint density at radius 3 is 2.74 bits per heavy atom. The summed E-state index contributed by atoms with van der Waals surface area (Å²) in [5.41, 5.74) is 6.10. The smallest absolute Gasteiger partial charge is 0.381 e. The second-order valence-corrected chi connectivity index (χ2v) is 7.26. The molecule has 1 amide bonds. The molecule has 2 aromatic heterocycles. The van der Waals surface area contributed by atoms with Gasteiger partial charge in [-0.15, -0.1) is 0 Å². The molecule has 1 aliphatic carbocycles. The number of nitrogens with zero attached hydrogens (tertiary/aromatic N) is 2. The first-order valence-corrected chi connectivity index (χ1v) is 8.74. The van der Waals surface area contributed by atoms with Crippen molar-refractivity contribution in [2.24, 2.45) is 11.1 Å². The molecule has 0 saturated heterocycles. The summed E-state index contributed by atoms with van der Waals surface area (Å²) in [5, 5.41) is 4.33. The molecule has 1 fully saturated rings. The van der Waals surface area contributed by atoms with E-state index in [-0.39, 0.29) is 5.41 Å². The molecule has 0 radical (unpaired) electrons. The zero-order valence-corrected chi connectivity index (χ0v) is 15.2. The summed E-state index contributed by atoms with van der Waals surface area (Å²) >= 11 is 0. The largest absolute Gasteiger partial charge is 0.442 e. The molecule has 3 rings (SSSR count). The molecule has 3 N–H and O–H groups in total. The van der Waals surface area contributed by atoms with Gasteiger partial charge in [0.25, 0.3) is 0 Å². The topological polar surface area (TPSA) is 126 Å². The van der Waals surface area contributed by atoms with E-state index in [0.717, 1.165) is 28.6 Å². The first-order chi connectivity index (χ1) is 12.8. The minimum Gasteiger partial charge on any atom is -0.381 e. The maximum atomic E-state index is 11.7. The van der Waals surface area contributed by atoms with Crippen LogP contribution in [0.5, 0.6) is 0 Å². The van der Waals surface area contributed by atoms with Gasteiger partial charge < -0.3 is 20.6 Å². The number of amides is 1. The minimum absolute atomic E-state index is 0.168. The van der Waals surface area contributed by atoms with Crippen molar-refractivity contribution in [1.82, 2.24) is 9.71 Å². The first kappa shape index (κ1) is 18.7. The molecular weight excluding hydrogens is 352 g/mol. The van der Waals surface area contributed by atoms with Crippen molar-refractivity contribution in [2.45, 2.75) is 45.6 Å².